The number of amides is 1. The summed E-state index contributed by atoms with van der Waals surface area (Å²) in [6.07, 6.45) is 0. The first kappa shape index (κ1) is 17.8. The molecule has 134 valence electrons. The van der Waals surface area contributed by atoms with Gasteiger partial charge in [-0.2, -0.15) is 0 Å². The van der Waals surface area contributed by atoms with Crippen molar-refractivity contribution in [3.8, 4) is 11.5 Å². The van der Waals surface area contributed by atoms with Gasteiger partial charge in [0.15, 0.2) is 11.2 Å². The van der Waals surface area contributed by atoms with Gasteiger partial charge in [0.1, 0.15) is 23.7 Å². The van der Waals surface area contributed by atoms with Crippen LogP contribution in [0.25, 0.3) is 11.0 Å². The van der Waals surface area contributed by atoms with E-state index in [1.807, 2.05) is 0 Å². The maximum atomic E-state index is 12.2. The standard InChI is InChI=1S/C19H16ClNO5/c1-24-13-3-5-14(6-4-13)25-9-8-21-19(23)18-11-16(22)15-10-12(20)2-7-17(15)26-18/h2-7,10-11H,8-9H2,1H3,(H,21,23). The highest BCUT2D eigenvalue weighted by atomic mass is 35.5. The lowest BCUT2D eigenvalue weighted by Crippen LogP contribution is -2.28. The second kappa shape index (κ2) is 7.93. The van der Waals surface area contributed by atoms with E-state index in [1.165, 1.54) is 6.07 Å². The van der Waals surface area contributed by atoms with Gasteiger partial charge in [-0.3, -0.25) is 9.59 Å². The molecule has 0 radical (unpaired) electrons. The second-order valence-electron chi connectivity index (χ2n) is 5.40. The molecule has 3 aromatic rings. The average molecular weight is 374 g/mol. The van der Waals surface area contributed by atoms with Gasteiger partial charge >= 0.3 is 0 Å². The number of methoxy groups -OCH3 is 1. The zero-order valence-corrected chi connectivity index (χ0v) is 14.7. The Morgan fingerprint density at radius 1 is 1.12 bits per heavy atom. The van der Waals surface area contributed by atoms with E-state index < -0.39 is 5.91 Å². The van der Waals surface area contributed by atoms with E-state index in [4.69, 9.17) is 25.5 Å². The van der Waals surface area contributed by atoms with Gasteiger partial charge in [-0.15, -0.1) is 0 Å². The summed E-state index contributed by atoms with van der Waals surface area (Å²) >= 11 is 5.86. The van der Waals surface area contributed by atoms with Gasteiger partial charge in [-0.05, 0) is 42.5 Å². The number of fused-ring (bicyclic) bond motifs is 1. The Morgan fingerprint density at radius 3 is 2.58 bits per heavy atom. The van der Waals surface area contributed by atoms with Crippen LogP contribution < -0.4 is 20.2 Å². The topological polar surface area (TPSA) is 77.8 Å². The van der Waals surface area contributed by atoms with E-state index in [0.717, 1.165) is 11.8 Å². The van der Waals surface area contributed by atoms with E-state index >= 15 is 0 Å². The minimum Gasteiger partial charge on any atom is -0.497 e. The van der Waals surface area contributed by atoms with Crippen LogP contribution >= 0.6 is 11.6 Å². The summed E-state index contributed by atoms with van der Waals surface area (Å²) in [5, 5.41) is 3.41. The summed E-state index contributed by atoms with van der Waals surface area (Å²) in [6.45, 7) is 0.527. The normalized spacial score (nSPS) is 10.5. The lowest BCUT2D eigenvalue weighted by atomic mass is 10.2. The Morgan fingerprint density at radius 2 is 1.85 bits per heavy atom. The first-order valence-electron chi connectivity index (χ1n) is 7.85. The molecule has 3 rings (SSSR count). The molecule has 7 heteroatoms. The Balaban J connectivity index is 1.58. The third kappa shape index (κ3) is 4.15. The summed E-state index contributed by atoms with van der Waals surface area (Å²) in [5.41, 5.74) is -0.0186. The molecular weight excluding hydrogens is 358 g/mol. The van der Waals surface area contributed by atoms with E-state index in [1.54, 1.807) is 43.5 Å². The van der Waals surface area contributed by atoms with Crippen molar-refractivity contribution in [1.29, 1.82) is 0 Å². The lowest BCUT2D eigenvalue weighted by Gasteiger charge is -2.08. The molecule has 1 N–H and O–H groups in total. The van der Waals surface area contributed by atoms with Gasteiger partial charge < -0.3 is 19.2 Å². The molecule has 0 saturated heterocycles. The summed E-state index contributed by atoms with van der Waals surface area (Å²) in [6, 6.07) is 12.9. The Kier molecular flexibility index (Phi) is 5.43. The summed E-state index contributed by atoms with van der Waals surface area (Å²) in [7, 11) is 1.59. The Labute approximate surface area is 154 Å². The van der Waals surface area contributed by atoms with Crippen LogP contribution in [0.2, 0.25) is 5.02 Å². The zero-order valence-electron chi connectivity index (χ0n) is 14.0. The van der Waals surface area contributed by atoms with E-state index in [0.29, 0.717) is 21.7 Å². The fraction of sp³-hybridized carbons (Fsp3) is 0.158. The highest BCUT2D eigenvalue weighted by Gasteiger charge is 2.12. The fourth-order valence-electron chi connectivity index (χ4n) is 2.33. The van der Waals surface area contributed by atoms with Crippen LogP contribution in [0.15, 0.2) is 57.7 Å². The average Bonchev–Trinajstić information content (AvgIpc) is 2.66. The minimum atomic E-state index is -0.489. The molecular formula is C19H16ClNO5. The highest BCUT2D eigenvalue weighted by Crippen LogP contribution is 2.18. The highest BCUT2D eigenvalue weighted by molar-refractivity contribution is 6.31. The largest absolute Gasteiger partial charge is 0.497 e. The van der Waals surface area contributed by atoms with Crippen LogP contribution in [0.5, 0.6) is 11.5 Å². The van der Waals surface area contributed by atoms with Gasteiger partial charge in [-0.25, -0.2) is 0 Å². The fourth-order valence-corrected chi connectivity index (χ4v) is 2.51. The number of hydrogen-bond donors (Lipinski definition) is 1. The summed E-state index contributed by atoms with van der Waals surface area (Å²) in [5.74, 6) is 0.846. The van der Waals surface area contributed by atoms with Gasteiger partial charge in [0, 0.05) is 11.1 Å². The van der Waals surface area contributed by atoms with Crippen molar-refractivity contribution in [3.05, 3.63) is 69.5 Å². The van der Waals surface area contributed by atoms with E-state index in [2.05, 4.69) is 5.32 Å². The SMILES string of the molecule is COc1ccc(OCCNC(=O)c2cc(=O)c3cc(Cl)ccc3o2)cc1. The monoisotopic (exact) mass is 373 g/mol. The van der Waals surface area contributed by atoms with Crippen molar-refractivity contribution in [1.82, 2.24) is 5.32 Å². The van der Waals surface area contributed by atoms with Crippen LogP contribution in [0.4, 0.5) is 0 Å². The predicted octanol–water partition coefficient (Wildman–Crippen LogP) is 3.26. The number of carbonyl (C=O) groups excluding carboxylic acids is 1. The number of hydrogen-bond acceptors (Lipinski definition) is 5. The van der Waals surface area contributed by atoms with Crippen LogP contribution in [0.3, 0.4) is 0 Å². The number of nitrogens with one attached hydrogen (secondary N) is 1. The molecule has 1 aromatic heterocycles. The number of halogens is 1. The molecule has 26 heavy (non-hydrogen) atoms. The van der Waals surface area contributed by atoms with Crippen molar-refractivity contribution >= 4 is 28.5 Å². The maximum absolute atomic E-state index is 12.2. The third-order valence-electron chi connectivity index (χ3n) is 3.63. The summed E-state index contributed by atoms with van der Waals surface area (Å²) in [4.78, 5) is 24.3. The lowest BCUT2D eigenvalue weighted by molar-refractivity contribution is 0.0920. The molecule has 0 spiro atoms. The van der Waals surface area contributed by atoms with Gasteiger partial charge in [0.05, 0.1) is 19.0 Å². The molecule has 0 bridgehead atoms. The molecule has 1 heterocycles. The molecule has 0 aliphatic carbocycles. The van der Waals surface area contributed by atoms with E-state index in [9.17, 15) is 9.59 Å². The van der Waals surface area contributed by atoms with Crippen LogP contribution in [0.1, 0.15) is 10.6 Å². The Bertz CT molecular complexity index is 981. The second-order valence-corrected chi connectivity index (χ2v) is 5.83. The third-order valence-corrected chi connectivity index (χ3v) is 3.86. The van der Waals surface area contributed by atoms with Gasteiger partial charge in [-0.1, -0.05) is 11.6 Å². The molecule has 0 unspecified atom stereocenters. The molecule has 6 nitrogen and oxygen atoms in total. The number of carbonyl (C=O) groups is 1. The number of benzene rings is 2. The van der Waals surface area contributed by atoms with Gasteiger partial charge in [0.2, 0.25) is 0 Å². The molecule has 0 atom stereocenters. The van der Waals surface area contributed by atoms with Crippen molar-refractivity contribution in [2.45, 2.75) is 0 Å². The Hall–Kier alpha value is -2.99. The molecule has 0 aliphatic heterocycles. The molecule has 1 amide bonds. The molecule has 0 aliphatic rings. The first-order chi connectivity index (χ1) is 12.6. The van der Waals surface area contributed by atoms with Crippen LogP contribution in [-0.4, -0.2) is 26.2 Å². The molecule has 0 fully saturated rings. The van der Waals surface area contributed by atoms with Crippen LogP contribution in [-0.2, 0) is 0 Å². The van der Waals surface area contributed by atoms with Crippen molar-refractivity contribution in [2.75, 3.05) is 20.3 Å². The number of rotatable bonds is 6. The first-order valence-corrected chi connectivity index (χ1v) is 8.23. The maximum Gasteiger partial charge on any atom is 0.287 e. The minimum absolute atomic E-state index is 0.0609. The number of ether oxygens (including phenoxy) is 2. The molecule has 0 saturated carbocycles. The quantitative estimate of drug-likeness (QED) is 0.671. The van der Waals surface area contributed by atoms with Crippen molar-refractivity contribution in [3.63, 3.8) is 0 Å². The van der Waals surface area contributed by atoms with Crippen LogP contribution in [0, 0.1) is 0 Å². The zero-order chi connectivity index (χ0) is 18.5. The van der Waals surface area contributed by atoms with Crippen molar-refractivity contribution < 1.29 is 18.7 Å². The smallest absolute Gasteiger partial charge is 0.287 e. The summed E-state index contributed by atoms with van der Waals surface area (Å²) < 4.78 is 16.1. The molecule has 2 aromatic carbocycles. The van der Waals surface area contributed by atoms with Gasteiger partial charge in [0.25, 0.3) is 5.91 Å². The predicted molar refractivity (Wildman–Crippen MR) is 98.3 cm³/mol. The van der Waals surface area contributed by atoms with E-state index in [-0.39, 0.29) is 24.3 Å². The van der Waals surface area contributed by atoms with Crippen molar-refractivity contribution in [2.24, 2.45) is 0 Å².